The van der Waals surface area contributed by atoms with Crippen LogP contribution in [0.5, 0.6) is 0 Å². The number of hydrogen-bond donors (Lipinski definition) is 1. The maximum atomic E-state index is 11.9. The minimum absolute atomic E-state index is 0.257. The molecule has 1 aromatic rings. The largest absolute Gasteiger partial charge is 0.449 e. The Morgan fingerprint density at radius 3 is 2.70 bits per heavy atom. The molecule has 6 nitrogen and oxygen atoms in total. The number of carbonyl (C=O) groups excluding carboxylic acids is 1. The number of ether oxygens (including phenoxy) is 1. The molecule has 122 valence electrons. The Kier molecular flexibility index (Phi) is 5.00. The number of alkyl carbamates (subject to hydrolysis) is 1. The van der Waals surface area contributed by atoms with Gasteiger partial charge in [0.15, 0.2) is 0 Å². The first-order chi connectivity index (χ1) is 11.3. The van der Waals surface area contributed by atoms with Crippen LogP contribution >= 0.6 is 0 Å². The van der Waals surface area contributed by atoms with Gasteiger partial charge >= 0.3 is 6.09 Å². The molecule has 1 atom stereocenters. The Bertz CT molecular complexity index is 568. The lowest BCUT2D eigenvalue weighted by molar-refractivity contribution is 0.133. The van der Waals surface area contributed by atoms with E-state index in [9.17, 15) is 4.79 Å². The van der Waals surface area contributed by atoms with Crippen molar-refractivity contribution in [1.82, 2.24) is 5.32 Å². The second-order valence-electron chi connectivity index (χ2n) is 6.09. The van der Waals surface area contributed by atoms with Gasteiger partial charge in [0, 0.05) is 12.5 Å². The molecule has 1 aromatic carbocycles. The second-order valence-corrected chi connectivity index (χ2v) is 6.09. The zero-order chi connectivity index (χ0) is 16.0. The Balaban J connectivity index is 1.51. The minimum Gasteiger partial charge on any atom is -0.449 e. The molecule has 0 radical (unpaired) electrons. The molecule has 1 unspecified atom stereocenters. The van der Waals surface area contributed by atoms with E-state index in [1.54, 1.807) is 6.21 Å². The highest BCUT2D eigenvalue weighted by molar-refractivity contribution is 5.74. The average Bonchev–Trinajstić information content (AvgIpc) is 3.07. The van der Waals surface area contributed by atoms with Crippen LogP contribution in [0.4, 0.5) is 4.79 Å². The average molecular weight is 314 g/mol. The molecule has 23 heavy (non-hydrogen) atoms. The van der Waals surface area contributed by atoms with Gasteiger partial charge in [0.05, 0.1) is 12.8 Å². The van der Waals surface area contributed by atoms with E-state index in [0.717, 1.165) is 18.4 Å². The first-order valence-electron chi connectivity index (χ1n) is 8.24. The highest BCUT2D eigenvalue weighted by atomic mass is 16.5. The molecule has 1 saturated carbocycles. The molecule has 1 N–H and O–H groups in total. The topological polar surface area (TPSA) is 75.4 Å². The third kappa shape index (κ3) is 3.94. The second kappa shape index (κ2) is 7.35. The molecule has 3 rings (SSSR count). The highest BCUT2D eigenvalue weighted by Gasteiger charge is 2.33. The van der Waals surface area contributed by atoms with Crippen molar-refractivity contribution in [2.45, 2.75) is 50.1 Å². The Hall–Kier alpha value is -2.24. The van der Waals surface area contributed by atoms with Crippen molar-refractivity contribution >= 4 is 12.3 Å². The molecule has 6 heteroatoms. The molecule has 0 aromatic heterocycles. The van der Waals surface area contributed by atoms with Gasteiger partial charge in [-0.1, -0.05) is 49.6 Å². The molecular weight excluding hydrogens is 292 g/mol. The fourth-order valence-electron chi connectivity index (χ4n) is 3.13. The van der Waals surface area contributed by atoms with Crippen LogP contribution in [0.15, 0.2) is 45.8 Å². The van der Waals surface area contributed by atoms with Crippen molar-refractivity contribution in [3.8, 4) is 0 Å². The lowest BCUT2D eigenvalue weighted by Crippen LogP contribution is -2.37. The molecule has 1 aliphatic heterocycles. The zero-order valence-electron chi connectivity index (χ0n) is 13.1. The van der Waals surface area contributed by atoms with Crippen LogP contribution in [0.3, 0.4) is 0 Å². The normalized spacial score (nSPS) is 23.8. The van der Waals surface area contributed by atoms with E-state index in [0.29, 0.717) is 6.42 Å². The van der Waals surface area contributed by atoms with Gasteiger partial charge in [-0.05, 0) is 23.6 Å². The Labute approximate surface area is 136 Å². The molecule has 1 aliphatic carbocycles. The third-order valence-electron chi connectivity index (χ3n) is 4.46. The maximum absolute atomic E-state index is 11.9. The molecule has 0 saturated heterocycles. The number of hydrogen-bond acceptors (Lipinski definition) is 5. The third-order valence-corrected chi connectivity index (χ3v) is 4.46. The number of benzene rings is 1. The highest BCUT2D eigenvalue weighted by Crippen LogP contribution is 2.31. The summed E-state index contributed by atoms with van der Waals surface area (Å²) in [6.45, 7) is 0.276. The standard InChI is InChI=1S/C17H22N4O2/c22-16(19-15-9-5-2-6-10-15)23-12-11-17(13-18-21-20-17)14-7-3-1-4-8-14/h1,3-4,7-8,13,15H,2,5-6,9-12H2,(H,19,22). The van der Waals surface area contributed by atoms with Crippen molar-refractivity contribution in [3.05, 3.63) is 35.9 Å². The fourth-order valence-corrected chi connectivity index (χ4v) is 3.13. The first-order valence-corrected chi connectivity index (χ1v) is 8.24. The fraction of sp³-hybridized carbons (Fsp3) is 0.529. The van der Waals surface area contributed by atoms with E-state index in [2.05, 4.69) is 20.8 Å². The monoisotopic (exact) mass is 314 g/mol. The Morgan fingerprint density at radius 2 is 2.00 bits per heavy atom. The lowest BCUT2D eigenvalue weighted by atomic mass is 9.89. The molecule has 0 spiro atoms. The van der Waals surface area contributed by atoms with Crippen LogP contribution in [-0.4, -0.2) is 25.0 Å². The van der Waals surface area contributed by atoms with Crippen LogP contribution in [0.25, 0.3) is 0 Å². The number of carbonyl (C=O) groups is 1. The number of amides is 1. The van der Waals surface area contributed by atoms with Gasteiger partial charge in [-0.3, -0.25) is 0 Å². The van der Waals surface area contributed by atoms with Gasteiger partial charge in [-0.15, -0.1) is 5.10 Å². The summed E-state index contributed by atoms with van der Waals surface area (Å²) in [6.07, 6.45) is 7.61. The quantitative estimate of drug-likeness (QED) is 0.898. The van der Waals surface area contributed by atoms with Crippen molar-refractivity contribution in [2.75, 3.05) is 6.61 Å². The summed E-state index contributed by atoms with van der Waals surface area (Å²) in [5, 5.41) is 14.8. The smallest absolute Gasteiger partial charge is 0.407 e. The summed E-state index contributed by atoms with van der Waals surface area (Å²) in [4.78, 5) is 11.9. The van der Waals surface area contributed by atoms with E-state index >= 15 is 0 Å². The van der Waals surface area contributed by atoms with E-state index in [1.165, 1.54) is 19.3 Å². The van der Waals surface area contributed by atoms with E-state index in [1.807, 2.05) is 30.3 Å². The van der Waals surface area contributed by atoms with Crippen LogP contribution in [0, 0.1) is 0 Å². The van der Waals surface area contributed by atoms with Crippen molar-refractivity contribution < 1.29 is 9.53 Å². The van der Waals surface area contributed by atoms with Gasteiger partial charge in [0.1, 0.15) is 5.54 Å². The van der Waals surface area contributed by atoms with Gasteiger partial charge < -0.3 is 10.1 Å². The number of nitrogens with zero attached hydrogens (tertiary/aromatic N) is 3. The maximum Gasteiger partial charge on any atom is 0.407 e. The summed E-state index contributed by atoms with van der Waals surface area (Å²) in [5.41, 5.74) is 0.383. The summed E-state index contributed by atoms with van der Waals surface area (Å²) in [5.74, 6) is 0. The van der Waals surface area contributed by atoms with E-state index < -0.39 is 5.54 Å². The lowest BCUT2D eigenvalue weighted by Gasteiger charge is -2.24. The SMILES string of the molecule is O=C(NC1CCCCC1)OCCC1(c2ccccc2)C=NN=N1. The summed E-state index contributed by atoms with van der Waals surface area (Å²) in [7, 11) is 0. The molecule has 2 aliphatic rings. The minimum atomic E-state index is -0.619. The molecular formula is C17H22N4O2. The molecule has 1 amide bonds. The Morgan fingerprint density at radius 1 is 1.22 bits per heavy atom. The van der Waals surface area contributed by atoms with Gasteiger partial charge in [-0.2, -0.15) is 5.11 Å². The molecule has 0 bridgehead atoms. The van der Waals surface area contributed by atoms with Crippen LogP contribution in [0.1, 0.15) is 44.1 Å². The molecule has 1 heterocycles. The predicted octanol–water partition coefficient (Wildman–Crippen LogP) is 3.78. The van der Waals surface area contributed by atoms with Gasteiger partial charge in [0.2, 0.25) is 0 Å². The number of nitrogens with one attached hydrogen (secondary N) is 1. The summed E-state index contributed by atoms with van der Waals surface area (Å²) in [6, 6.07) is 10.1. The van der Waals surface area contributed by atoms with Crippen molar-refractivity contribution in [2.24, 2.45) is 15.4 Å². The van der Waals surface area contributed by atoms with Gasteiger partial charge in [-0.25, -0.2) is 4.79 Å². The van der Waals surface area contributed by atoms with Crippen molar-refractivity contribution in [1.29, 1.82) is 0 Å². The molecule has 1 fully saturated rings. The van der Waals surface area contributed by atoms with Crippen LogP contribution < -0.4 is 5.32 Å². The van der Waals surface area contributed by atoms with Crippen LogP contribution in [0.2, 0.25) is 0 Å². The first kappa shape index (κ1) is 15.6. The zero-order valence-corrected chi connectivity index (χ0v) is 13.1. The van der Waals surface area contributed by atoms with Gasteiger partial charge in [0.25, 0.3) is 0 Å². The van der Waals surface area contributed by atoms with Crippen molar-refractivity contribution in [3.63, 3.8) is 0 Å². The van der Waals surface area contributed by atoms with Crippen LogP contribution in [-0.2, 0) is 10.3 Å². The summed E-state index contributed by atoms with van der Waals surface area (Å²) >= 11 is 0. The van der Waals surface area contributed by atoms with E-state index in [4.69, 9.17) is 4.74 Å². The predicted molar refractivity (Wildman–Crippen MR) is 87.4 cm³/mol. The number of rotatable bonds is 5. The summed E-state index contributed by atoms with van der Waals surface area (Å²) < 4.78 is 5.34. The van der Waals surface area contributed by atoms with E-state index in [-0.39, 0.29) is 18.7 Å².